The molecule has 0 aliphatic rings. The second-order valence-corrected chi connectivity index (χ2v) is 2.27. The van der Waals surface area contributed by atoms with Crippen LogP contribution in [0.2, 0.25) is 5.15 Å². The van der Waals surface area contributed by atoms with E-state index in [0.29, 0.717) is 16.4 Å². The molecule has 0 atom stereocenters. The normalized spacial score (nSPS) is 8.73. The summed E-state index contributed by atoms with van der Waals surface area (Å²) in [6, 6.07) is 5.18. The van der Waals surface area contributed by atoms with E-state index >= 15 is 0 Å². The number of hydrogen-bond acceptors (Lipinski definition) is 2. The van der Waals surface area contributed by atoms with Crippen LogP contribution in [0.25, 0.3) is 6.08 Å². The highest BCUT2D eigenvalue weighted by atomic mass is 35.5. The van der Waals surface area contributed by atoms with Gasteiger partial charge in [0.05, 0.1) is 11.3 Å². The van der Waals surface area contributed by atoms with Gasteiger partial charge in [-0.1, -0.05) is 18.2 Å². The van der Waals surface area contributed by atoms with Crippen molar-refractivity contribution in [2.24, 2.45) is 0 Å². The summed E-state index contributed by atoms with van der Waals surface area (Å²) in [6.45, 7) is 3.51. The zero-order valence-electron chi connectivity index (χ0n) is 5.71. The number of pyridine rings is 1. The number of aromatic nitrogens is 1. The molecule has 0 fully saturated rings. The van der Waals surface area contributed by atoms with Gasteiger partial charge < -0.3 is 0 Å². The van der Waals surface area contributed by atoms with E-state index in [1.165, 1.54) is 6.08 Å². The van der Waals surface area contributed by atoms with Crippen LogP contribution in [-0.2, 0) is 0 Å². The Kier molecular flexibility index (Phi) is 2.25. The van der Waals surface area contributed by atoms with Crippen molar-refractivity contribution in [1.29, 1.82) is 5.26 Å². The Morgan fingerprint density at radius 3 is 2.91 bits per heavy atom. The van der Waals surface area contributed by atoms with Crippen LogP contribution < -0.4 is 0 Å². The topological polar surface area (TPSA) is 36.7 Å². The molecule has 11 heavy (non-hydrogen) atoms. The van der Waals surface area contributed by atoms with Gasteiger partial charge in [0.15, 0.2) is 0 Å². The van der Waals surface area contributed by atoms with Gasteiger partial charge in [-0.3, -0.25) is 0 Å². The summed E-state index contributed by atoms with van der Waals surface area (Å²) in [5, 5.41) is 8.93. The molecule has 0 bridgehead atoms. The lowest BCUT2D eigenvalue weighted by atomic mass is 10.2. The van der Waals surface area contributed by atoms with Gasteiger partial charge in [-0.05, 0) is 18.2 Å². The molecule has 3 heteroatoms. The average molecular weight is 165 g/mol. The van der Waals surface area contributed by atoms with E-state index in [1.54, 1.807) is 12.1 Å². The molecule has 1 aromatic rings. The first-order valence-electron chi connectivity index (χ1n) is 2.97. The molecular formula is C8H5ClN2. The van der Waals surface area contributed by atoms with E-state index in [1.807, 2.05) is 6.07 Å². The summed E-state index contributed by atoms with van der Waals surface area (Å²) in [5.74, 6) is 0. The Labute approximate surface area is 69.8 Å². The third-order valence-electron chi connectivity index (χ3n) is 1.20. The molecule has 0 N–H and O–H groups in total. The predicted octanol–water partition coefficient (Wildman–Crippen LogP) is 2.25. The molecule has 0 radical (unpaired) electrons. The quantitative estimate of drug-likeness (QED) is 0.597. The second kappa shape index (κ2) is 3.18. The minimum absolute atomic E-state index is 0.374. The van der Waals surface area contributed by atoms with Crippen molar-refractivity contribution >= 4 is 17.7 Å². The molecule has 0 aromatic carbocycles. The molecule has 0 spiro atoms. The van der Waals surface area contributed by atoms with Crippen LogP contribution in [0, 0.1) is 11.3 Å². The highest BCUT2D eigenvalue weighted by Crippen LogP contribution is 2.11. The van der Waals surface area contributed by atoms with Gasteiger partial charge in [0.25, 0.3) is 0 Å². The molecule has 0 aliphatic heterocycles. The minimum atomic E-state index is 0.374. The lowest BCUT2D eigenvalue weighted by molar-refractivity contribution is 1.27. The lowest BCUT2D eigenvalue weighted by Gasteiger charge is -1.95. The van der Waals surface area contributed by atoms with Gasteiger partial charge in [-0.25, -0.2) is 4.98 Å². The SMILES string of the molecule is C=Cc1nc(Cl)ccc1C#N. The Morgan fingerprint density at radius 2 is 2.36 bits per heavy atom. The number of nitrogens with zero attached hydrogens (tertiary/aromatic N) is 2. The summed E-state index contributed by atoms with van der Waals surface area (Å²) in [5.41, 5.74) is 1.02. The Morgan fingerprint density at radius 1 is 1.64 bits per heavy atom. The van der Waals surface area contributed by atoms with Gasteiger partial charge in [0, 0.05) is 0 Å². The third kappa shape index (κ3) is 1.57. The highest BCUT2D eigenvalue weighted by Gasteiger charge is 1.98. The smallest absolute Gasteiger partial charge is 0.129 e. The molecule has 0 saturated carbocycles. The van der Waals surface area contributed by atoms with Crippen LogP contribution in [0.4, 0.5) is 0 Å². The predicted molar refractivity (Wildman–Crippen MR) is 44.1 cm³/mol. The first kappa shape index (κ1) is 7.77. The summed E-state index contributed by atoms with van der Waals surface area (Å²) < 4.78 is 0. The van der Waals surface area contributed by atoms with Gasteiger partial charge in [-0.15, -0.1) is 0 Å². The lowest BCUT2D eigenvalue weighted by Crippen LogP contribution is -1.86. The Hall–Kier alpha value is -1.33. The number of halogens is 1. The molecule has 1 aromatic heterocycles. The fourth-order valence-corrected chi connectivity index (χ4v) is 0.854. The zero-order chi connectivity index (χ0) is 8.27. The van der Waals surface area contributed by atoms with Gasteiger partial charge in [0.1, 0.15) is 11.2 Å². The molecular weight excluding hydrogens is 160 g/mol. The molecule has 0 unspecified atom stereocenters. The molecule has 1 rings (SSSR count). The van der Waals surface area contributed by atoms with Crippen LogP contribution >= 0.6 is 11.6 Å². The summed E-state index contributed by atoms with van der Waals surface area (Å²) >= 11 is 5.58. The molecule has 2 nitrogen and oxygen atoms in total. The van der Waals surface area contributed by atoms with Gasteiger partial charge in [0.2, 0.25) is 0 Å². The Bertz CT molecular complexity index is 325. The number of nitriles is 1. The van der Waals surface area contributed by atoms with E-state index in [2.05, 4.69) is 11.6 Å². The van der Waals surface area contributed by atoms with Crippen molar-refractivity contribution in [1.82, 2.24) is 4.98 Å². The molecule has 54 valence electrons. The van der Waals surface area contributed by atoms with Crippen LogP contribution in [-0.4, -0.2) is 4.98 Å². The number of rotatable bonds is 1. The largest absolute Gasteiger partial charge is 0.235 e. The van der Waals surface area contributed by atoms with Gasteiger partial charge in [-0.2, -0.15) is 5.26 Å². The molecule has 0 amide bonds. The van der Waals surface area contributed by atoms with E-state index < -0.39 is 0 Å². The molecule has 0 aliphatic carbocycles. The van der Waals surface area contributed by atoms with Crippen LogP contribution in [0.15, 0.2) is 18.7 Å². The fraction of sp³-hybridized carbons (Fsp3) is 0. The number of hydrogen-bond donors (Lipinski definition) is 0. The zero-order valence-corrected chi connectivity index (χ0v) is 6.47. The van der Waals surface area contributed by atoms with E-state index in [4.69, 9.17) is 16.9 Å². The van der Waals surface area contributed by atoms with Crippen LogP contribution in [0.1, 0.15) is 11.3 Å². The average Bonchev–Trinajstić information content (AvgIpc) is 2.04. The van der Waals surface area contributed by atoms with Crippen LogP contribution in [0.5, 0.6) is 0 Å². The molecule has 1 heterocycles. The van der Waals surface area contributed by atoms with Crippen molar-refractivity contribution in [2.45, 2.75) is 0 Å². The maximum absolute atomic E-state index is 8.56. The minimum Gasteiger partial charge on any atom is -0.235 e. The van der Waals surface area contributed by atoms with E-state index in [-0.39, 0.29) is 0 Å². The highest BCUT2D eigenvalue weighted by molar-refractivity contribution is 6.29. The first-order chi connectivity index (χ1) is 5.27. The van der Waals surface area contributed by atoms with Crippen molar-refractivity contribution in [3.63, 3.8) is 0 Å². The summed E-state index contributed by atoms with van der Waals surface area (Å²) in [6.07, 6.45) is 1.50. The van der Waals surface area contributed by atoms with Crippen molar-refractivity contribution in [2.75, 3.05) is 0 Å². The standard InChI is InChI=1S/C8H5ClN2/c1-2-7-6(5-10)3-4-8(9)11-7/h2-4H,1H2. The van der Waals surface area contributed by atoms with E-state index in [9.17, 15) is 0 Å². The summed E-state index contributed by atoms with van der Waals surface area (Å²) in [4.78, 5) is 3.89. The second-order valence-electron chi connectivity index (χ2n) is 1.88. The van der Waals surface area contributed by atoms with Crippen molar-refractivity contribution in [3.05, 3.63) is 35.1 Å². The van der Waals surface area contributed by atoms with Gasteiger partial charge >= 0.3 is 0 Å². The Balaban J connectivity index is 3.30. The third-order valence-corrected chi connectivity index (χ3v) is 1.42. The maximum atomic E-state index is 8.56. The molecule has 0 saturated heterocycles. The van der Waals surface area contributed by atoms with Crippen LogP contribution in [0.3, 0.4) is 0 Å². The van der Waals surface area contributed by atoms with E-state index in [0.717, 1.165) is 0 Å². The first-order valence-corrected chi connectivity index (χ1v) is 3.35. The van der Waals surface area contributed by atoms with Crippen molar-refractivity contribution < 1.29 is 0 Å². The van der Waals surface area contributed by atoms with Crippen molar-refractivity contribution in [3.8, 4) is 6.07 Å². The fourth-order valence-electron chi connectivity index (χ4n) is 0.700. The summed E-state index contributed by atoms with van der Waals surface area (Å²) in [7, 11) is 0. The maximum Gasteiger partial charge on any atom is 0.129 e. The monoisotopic (exact) mass is 164 g/mol.